The van der Waals surface area contributed by atoms with E-state index < -0.39 is 0 Å². The minimum absolute atomic E-state index is 0.156. The number of hydrogen-bond donors (Lipinski definition) is 1. The van der Waals surface area contributed by atoms with Gasteiger partial charge in [-0.1, -0.05) is 12.1 Å². The van der Waals surface area contributed by atoms with Crippen molar-refractivity contribution >= 4 is 16.6 Å². The lowest BCUT2D eigenvalue weighted by atomic mass is 10.2. The Morgan fingerprint density at radius 3 is 2.34 bits per heavy atom. The predicted octanol–water partition coefficient (Wildman–Crippen LogP) is 2.70. The smallest absolute Gasteiger partial charge is 0.258 e. The van der Waals surface area contributed by atoms with E-state index in [-0.39, 0.29) is 5.56 Å². The first-order chi connectivity index (χ1) is 15.6. The molecule has 2 aromatic carbocycles. The molecule has 1 N–H and O–H groups in total. The summed E-state index contributed by atoms with van der Waals surface area (Å²) in [7, 11) is 4.84. The van der Waals surface area contributed by atoms with Crippen LogP contribution in [0.3, 0.4) is 0 Å². The van der Waals surface area contributed by atoms with Gasteiger partial charge >= 0.3 is 0 Å². The third kappa shape index (κ3) is 4.65. The highest BCUT2D eigenvalue weighted by molar-refractivity contribution is 5.81. The van der Waals surface area contributed by atoms with Crippen molar-refractivity contribution in [2.45, 2.75) is 12.8 Å². The second-order valence-electron chi connectivity index (χ2n) is 7.84. The molecule has 0 aliphatic carbocycles. The third-order valence-electron chi connectivity index (χ3n) is 5.95. The van der Waals surface area contributed by atoms with Crippen molar-refractivity contribution in [1.82, 2.24) is 14.9 Å². The van der Waals surface area contributed by atoms with Crippen molar-refractivity contribution in [3.63, 3.8) is 0 Å². The maximum atomic E-state index is 12.5. The van der Waals surface area contributed by atoms with E-state index in [1.54, 1.807) is 33.5 Å². The van der Waals surface area contributed by atoms with Gasteiger partial charge in [-0.05, 0) is 31.2 Å². The summed E-state index contributed by atoms with van der Waals surface area (Å²) in [5.74, 6) is 2.70. The Morgan fingerprint density at radius 2 is 1.62 bits per heavy atom. The number of nitrogens with one attached hydrogen (secondary N) is 1. The average molecular weight is 439 g/mol. The fourth-order valence-corrected chi connectivity index (χ4v) is 4.21. The molecule has 3 aromatic rings. The molecule has 2 heterocycles. The fourth-order valence-electron chi connectivity index (χ4n) is 4.21. The van der Waals surface area contributed by atoms with Crippen LogP contribution in [0.1, 0.15) is 12.2 Å². The number of nitrogens with zero attached hydrogens (tertiary/aromatic N) is 3. The van der Waals surface area contributed by atoms with Crippen molar-refractivity contribution < 1.29 is 14.2 Å². The van der Waals surface area contributed by atoms with E-state index in [2.05, 4.69) is 25.8 Å². The Hall–Kier alpha value is -3.26. The van der Waals surface area contributed by atoms with E-state index in [0.29, 0.717) is 34.6 Å². The number of methoxy groups -OCH3 is 3. The number of fused-ring (bicyclic) bond motifs is 1. The first kappa shape index (κ1) is 22.0. The molecule has 8 heteroatoms. The monoisotopic (exact) mass is 438 g/mol. The Balaban J connectivity index is 1.34. The van der Waals surface area contributed by atoms with Gasteiger partial charge in [0.15, 0.2) is 11.5 Å². The number of anilines is 1. The van der Waals surface area contributed by atoms with Crippen molar-refractivity contribution in [2.24, 2.45) is 0 Å². The van der Waals surface area contributed by atoms with Gasteiger partial charge in [0, 0.05) is 38.7 Å². The quantitative estimate of drug-likeness (QED) is 0.579. The second kappa shape index (κ2) is 9.91. The molecule has 0 radical (unpaired) electrons. The first-order valence-corrected chi connectivity index (χ1v) is 10.9. The standard InChI is InChI=1S/C24H30N4O4/c1-30-20-8-5-4-7-19(20)28-13-11-27(12-14-28)10-6-9-23-25-18-16-22(32-3)21(31-2)15-17(18)24(29)26-23/h4-5,7-8,15-16H,6,9-14H2,1-3H3,(H,25,26,29). The van der Waals surface area contributed by atoms with Gasteiger partial charge in [-0.25, -0.2) is 4.98 Å². The molecule has 1 aliphatic heterocycles. The van der Waals surface area contributed by atoms with Crippen LogP contribution in [0.15, 0.2) is 41.2 Å². The van der Waals surface area contributed by atoms with Gasteiger partial charge in [-0.15, -0.1) is 0 Å². The molecule has 170 valence electrons. The van der Waals surface area contributed by atoms with E-state index in [9.17, 15) is 4.79 Å². The predicted molar refractivity (Wildman–Crippen MR) is 125 cm³/mol. The van der Waals surface area contributed by atoms with E-state index in [1.807, 2.05) is 18.2 Å². The largest absolute Gasteiger partial charge is 0.495 e. The molecule has 0 amide bonds. The highest BCUT2D eigenvalue weighted by Gasteiger charge is 2.19. The summed E-state index contributed by atoms with van der Waals surface area (Å²) in [6, 6.07) is 11.6. The number of para-hydroxylation sites is 2. The molecule has 0 bridgehead atoms. The molecule has 32 heavy (non-hydrogen) atoms. The van der Waals surface area contributed by atoms with Crippen molar-refractivity contribution in [3.8, 4) is 17.2 Å². The molecule has 1 saturated heterocycles. The molecule has 1 fully saturated rings. The first-order valence-electron chi connectivity index (χ1n) is 10.9. The number of H-pyrrole nitrogens is 1. The number of aromatic amines is 1. The van der Waals surface area contributed by atoms with Gasteiger partial charge in [-0.3, -0.25) is 9.69 Å². The number of benzene rings is 2. The Kier molecular flexibility index (Phi) is 6.80. The van der Waals surface area contributed by atoms with Crippen molar-refractivity contribution in [3.05, 3.63) is 52.6 Å². The Labute approximate surface area is 187 Å². The zero-order valence-corrected chi connectivity index (χ0v) is 18.9. The van der Waals surface area contributed by atoms with Gasteiger partial charge in [0.2, 0.25) is 0 Å². The topological polar surface area (TPSA) is 79.9 Å². The summed E-state index contributed by atoms with van der Waals surface area (Å²) in [6.45, 7) is 4.89. The normalized spacial score (nSPS) is 14.5. The van der Waals surface area contributed by atoms with E-state index in [1.165, 1.54) is 0 Å². The SMILES string of the molecule is COc1cc2nc(CCCN3CCN(c4ccccc4OC)CC3)[nH]c(=O)c2cc1OC. The summed E-state index contributed by atoms with van der Waals surface area (Å²) >= 11 is 0. The zero-order chi connectivity index (χ0) is 22.5. The van der Waals surface area contributed by atoms with Gasteiger partial charge in [0.1, 0.15) is 11.6 Å². The minimum atomic E-state index is -0.156. The maximum Gasteiger partial charge on any atom is 0.258 e. The summed E-state index contributed by atoms with van der Waals surface area (Å²) in [4.78, 5) is 24.9. The van der Waals surface area contributed by atoms with Crippen LogP contribution in [-0.4, -0.2) is 68.9 Å². The summed E-state index contributed by atoms with van der Waals surface area (Å²) < 4.78 is 16.1. The highest BCUT2D eigenvalue weighted by Crippen LogP contribution is 2.30. The third-order valence-corrected chi connectivity index (χ3v) is 5.95. The number of rotatable bonds is 8. The van der Waals surface area contributed by atoms with Crippen LogP contribution in [0.2, 0.25) is 0 Å². The van der Waals surface area contributed by atoms with Gasteiger partial charge in [-0.2, -0.15) is 0 Å². The molecule has 1 aromatic heterocycles. The van der Waals surface area contributed by atoms with Gasteiger partial charge in [0.05, 0.1) is 37.9 Å². The van der Waals surface area contributed by atoms with Crippen LogP contribution in [0.4, 0.5) is 5.69 Å². The lowest BCUT2D eigenvalue weighted by molar-refractivity contribution is 0.254. The van der Waals surface area contributed by atoms with Crippen molar-refractivity contribution in [1.29, 1.82) is 0 Å². The molecular formula is C24H30N4O4. The molecule has 0 atom stereocenters. The molecule has 8 nitrogen and oxygen atoms in total. The Morgan fingerprint density at radius 1 is 0.938 bits per heavy atom. The molecule has 0 spiro atoms. The number of piperazine rings is 1. The van der Waals surface area contributed by atoms with Crippen LogP contribution in [0.5, 0.6) is 17.2 Å². The minimum Gasteiger partial charge on any atom is -0.495 e. The lowest BCUT2D eigenvalue weighted by Crippen LogP contribution is -2.46. The van der Waals surface area contributed by atoms with Gasteiger partial charge < -0.3 is 24.1 Å². The number of hydrogen-bond acceptors (Lipinski definition) is 7. The van der Waals surface area contributed by atoms with E-state index in [4.69, 9.17) is 14.2 Å². The summed E-state index contributed by atoms with van der Waals surface area (Å²) in [5, 5.41) is 0.499. The molecule has 4 rings (SSSR count). The number of ether oxygens (including phenoxy) is 3. The Bertz CT molecular complexity index is 1120. The van der Waals surface area contributed by atoms with Crippen LogP contribution in [0, 0.1) is 0 Å². The second-order valence-corrected chi connectivity index (χ2v) is 7.84. The van der Waals surface area contributed by atoms with Crippen LogP contribution in [-0.2, 0) is 6.42 Å². The number of aromatic nitrogens is 2. The summed E-state index contributed by atoms with van der Waals surface area (Å²) in [5.41, 5.74) is 1.61. The molecule has 1 aliphatic rings. The summed E-state index contributed by atoms with van der Waals surface area (Å²) in [6.07, 6.45) is 1.64. The average Bonchev–Trinajstić information content (AvgIpc) is 2.83. The maximum absolute atomic E-state index is 12.5. The van der Waals surface area contributed by atoms with E-state index >= 15 is 0 Å². The van der Waals surface area contributed by atoms with E-state index in [0.717, 1.165) is 50.6 Å². The van der Waals surface area contributed by atoms with Crippen LogP contribution < -0.4 is 24.7 Å². The lowest BCUT2D eigenvalue weighted by Gasteiger charge is -2.36. The molecular weight excluding hydrogens is 408 g/mol. The highest BCUT2D eigenvalue weighted by atomic mass is 16.5. The van der Waals surface area contributed by atoms with Gasteiger partial charge in [0.25, 0.3) is 5.56 Å². The van der Waals surface area contributed by atoms with Crippen molar-refractivity contribution in [2.75, 3.05) is 59.0 Å². The van der Waals surface area contributed by atoms with Crippen LogP contribution >= 0.6 is 0 Å². The molecule has 0 saturated carbocycles. The number of aryl methyl sites for hydroxylation is 1. The zero-order valence-electron chi connectivity index (χ0n) is 18.9. The molecule has 0 unspecified atom stereocenters. The van der Waals surface area contributed by atoms with Crippen LogP contribution in [0.25, 0.3) is 10.9 Å². The fraction of sp³-hybridized carbons (Fsp3) is 0.417.